The molecule has 2 aromatic rings. The average molecular weight is 273 g/mol. The second kappa shape index (κ2) is 4.42. The number of hydrogen-bond acceptors (Lipinski definition) is 5. The highest BCUT2D eigenvalue weighted by Crippen LogP contribution is 2.14. The van der Waals surface area contributed by atoms with Gasteiger partial charge in [0.15, 0.2) is 0 Å². The van der Waals surface area contributed by atoms with Crippen molar-refractivity contribution < 1.29 is 0 Å². The minimum atomic E-state index is -0.280. The summed E-state index contributed by atoms with van der Waals surface area (Å²) in [5, 5.41) is 10.5. The van der Waals surface area contributed by atoms with Gasteiger partial charge in [-0.1, -0.05) is 11.3 Å². The first kappa shape index (κ1) is 12.0. The van der Waals surface area contributed by atoms with Crippen LogP contribution in [0.25, 0.3) is 0 Å². The van der Waals surface area contributed by atoms with Crippen molar-refractivity contribution in [2.75, 3.05) is 0 Å². The van der Waals surface area contributed by atoms with Gasteiger partial charge in [-0.25, -0.2) is 4.68 Å². The Kier molecular flexibility index (Phi) is 3.12. The second-order valence-corrected chi connectivity index (χ2v) is 5.18. The normalized spacial score (nSPS) is 10.8. The number of halogens is 1. The van der Waals surface area contributed by atoms with Gasteiger partial charge in [0.25, 0.3) is 11.1 Å². The van der Waals surface area contributed by atoms with Crippen LogP contribution < -0.4 is 11.1 Å². The van der Waals surface area contributed by atoms with Crippen LogP contribution in [0, 0.1) is 13.8 Å². The van der Waals surface area contributed by atoms with Crippen molar-refractivity contribution in [3.05, 3.63) is 41.3 Å². The number of nitrogens with zero attached hydrogens (tertiary/aromatic N) is 3. The minimum Gasteiger partial charge on any atom is -0.268 e. The van der Waals surface area contributed by atoms with Gasteiger partial charge in [-0.05, 0) is 25.4 Å². The molecule has 0 atom stereocenters. The number of aromatic nitrogens is 4. The maximum Gasteiger partial charge on any atom is 0.268 e. The van der Waals surface area contributed by atoms with Crippen LogP contribution in [-0.2, 0) is 6.54 Å². The fourth-order valence-electron chi connectivity index (χ4n) is 1.33. The van der Waals surface area contributed by atoms with E-state index in [1.165, 1.54) is 16.0 Å². The second-order valence-electron chi connectivity index (χ2n) is 3.53. The van der Waals surface area contributed by atoms with Crippen molar-refractivity contribution in [1.82, 2.24) is 20.0 Å². The average Bonchev–Trinajstić information content (AvgIpc) is 2.69. The van der Waals surface area contributed by atoms with Crippen molar-refractivity contribution in [1.29, 1.82) is 0 Å². The van der Waals surface area contributed by atoms with Crippen LogP contribution in [0.5, 0.6) is 0 Å². The number of hydrogen-bond donors (Lipinski definition) is 1. The van der Waals surface area contributed by atoms with Gasteiger partial charge in [-0.2, -0.15) is 0 Å². The molecule has 0 saturated heterocycles. The first-order chi connectivity index (χ1) is 7.99. The van der Waals surface area contributed by atoms with Gasteiger partial charge in [0.05, 0.1) is 6.54 Å². The molecular weight excluding hydrogens is 264 g/mol. The predicted molar refractivity (Wildman–Crippen MR) is 64.8 cm³/mol. The Hall–Kier alpha value is -1.47. The summed E-state index contributed by atoms with van der Waals surface area (Å²) in [6, 6.07) is 0. The van der Waals surface area contributed by atoms with E-state index < -0.39 is 0 Å². The Morgan fingerprint density at radius 2 is 2.00 bits per heavy atom. The molecule has 0 aliphatic heterocycles. The zero-order valence-corrected chi connectivity index (χ0v) is 10.7. The molecule has 2 aromatic heterocycles. The molecule has 0 aliphatic carbocycles. The molecule has 0 fully saturated rings. The van der Waals surface area contributed by atoms with Crippen LogP contribution in [0.4, 0.5) is 0 Å². The lowest BCUT2D eigenvalue weighted by molar-refractivity contribution is 0.612. The molecule has 1 N–H and O–H groups in total. The molecule has 0 amide bonds. The van der Waals surface area contributed by atoms with E-state index in [2.05, 4.69) is 15.3 Å². The first-order valence-corrected chi connectivity index (χ1v) is 5.96. The van der Waals surface area contributed by atoms with Crippen LogP contribution in [0.15, 0.2) is 9.59 Å². The Bertz CT molecular complexity index is 672. The van der Waals surface area contributed by atoms with E-state index in [-0.39, 0.29) is 17.7 Å². The third-order valence-electron chi connectivity index (χ3n) is 2.44. The van der Waals surface area contributed by atoms with E-state index in [0.29, 0.717) is 20.6 Å². The van der Waals surface area contributed by atoms with Gasteiger partial charge in [-0.3, -0.25) is 14.7 Å². The Balaban J connectivity index is 2.47. The fourth-order valence-corrected chi connectivity index (χ4v) is 2.19. The third kappa shape index (κ3) is 2.29. The van der Waals surface area contributed by atoms with Gasteiger partial charge >= 0.3 is 0 Å². The van der Waals surface area contributed by atoms with Gasteiger partial charge in [0, 0.05) is 11.1 Å². The van der Waals surface area contributed by atoms with Crippen LogP contribution in [0.3, 0.4) is 0 Å². The number of rotatable bonds is 2. The molecule has 8 heteroatoms. The molecule has 0 aliphatic rings. The predicted octanol–water partition coefficient (Wildman–Crippen LogP) is 0.707. The van der Waals surface area contributed by atoms with Crippen molar-refractivity contribution in [2.24, 2.45) is 0 Å². The molecule has 0 bridgehead atoms. The molecule has 0 radical (unpaired) electrons. The zero-order valence-electron chi connectivity index (χ0n) is 9.15. The minimum absolute atomic E-state index is 0.166. The van der Waals surface area contributed by atoms with Gasteiger partial charge < -0.3 is 0 Å². The molecule has 2 rings (SSSR count). The highest BCUT2D eigenvalue weighted by atomic mass is 35.5. The molecule has 0 saturated carbocycles. The highest BCUT2D eigenvalue weighted by molar-refractivity contribution is 7.15. The quantitative estimate of drug-likeness (QED) is 0.873. The van der Waals surface area contributed by atoms with Crippen LogP contribution in [0.2, 0.25) is 4.47 Å². The summed E-state index contributed by atoms with van der Waals surface area (Å²) in [7, 11) is 0. The lowest BCUT2D eigenvalue weighted by Gasteiger charge is -2.05. The summed E-state index contributed by atoms with van der Waals surface area (Å²) in [5.41, 5.74) is 0.344. The van der Waals surface area contributed by atoms with Gasteiger partial charge in [0.1, 0.15) is 5.01 Å². The van der Waals surface area contributed by atoms with Gasteiger partial charge in [0.2, 0.25) is 4.47 Å². The molecule has 90 valence electrons. The van der Waals surface area contributed by atoms with E-state index in [9.17, 15) is 9.59 Å². The monoisotopic (exact) mass is 272 g/mol. The third-order valence-corrected chi connectivity index (χ3v) is 3.44. The summed E-state index contributed by atoms with van der Waals surface area (Å²) in [4.78, 5) is 23.4. The summed E-state index contributed by atoms with van der Waals surface area (Å²) in [5.74, 6) is 0. The SMILES string of the molecule is Cc1c(C)c(=O)n(Cc2nnc(Cl)s2)[nH]c1=O. The van der Waals surface area contributed by atoms with E-state index in [1.807, 2.05) is 0 Å². The summed E-state index contributed by atoms with van der Waals surface area (Å²) >= 11 is 6.81. The molecule has 0 aromatic carbocycles. The number of aromatic amines is 1. The maximum absolute atomic E-state index is 11.9. The van der Waals surface area contributed by atoms with Gasteiger partial charge in [-0.15, -0.1) is 10.2 Å². The zero-order chi connectivity index (χ0) is 12.6. The Labute approximate surface area is 105 Å². The molecular formula is C9H9ClN4O2S. The Morgan fingerprint density at radius 3 is 2.59 bits per heavy atom. The van der Waals surface area contributed by atoms with Crippen molar-refractivity contribution in [2.45, 2.75) is 20.4 Å². The molecule has 2 heterocycles. The molecule has 0 spiro atoms. The smallest absolute Gasteiger partial charge is 0.268 e. The lowest BCUT2D eigenvalue weighted by atomic mass is 10.2. The maximum atomic E-state index is 11.9. The van der Waals surface area contributed by atoms with Crippen molar-refractivity contribution in [3.63, 3.8) is 0 Å². The highest BCUT2D eigenvalue weighted by Gasteiger charge is 2.09. The summed E-state index contributed by atoms with van der Waals surface area (Å²) in [6.07, 6.45) is 0. The molecule has 6 nitrogen and oxygen atoms in total. The summed E-state index contributed by atoms with van der Waals surface area (Å²) in [6.45, 7) is 3.40. The van der Waals surface area contributed by atoms with E-state index >= 15 is 0 Å². The van der Waals surface area contributed by atoms with Crippen LogP contribution >= 0.6 is 22.9 Å². The van der Waals surface area contributed by atoms with E-state index in [1.54, 1.807) is 13.8 Å². The van der Waals surface area contributed by atoms with E-state index in [0.717, 1.165) is 0 Å². The number of nitrogens with one attached hydrogen (secondary N) is 1. The number of H-pyrrole nitrogens is 1. The van der Waals surface area contributed by atoms with Crippen LogP contribution in [0.1, 0.15) is 16.1 Å². The molecule has 17 heavy (non-hydrogen) atoms. The topological polar surface area (TPSA) is 80.6 Å². The van der Waals surface area contributed by atoms with Crippen molar-refractivity contribution >= 4 is 22.9 Å². The first-order valence-electron chi connectivity index (χ1n) is 4.77. The standard InChI is InChI=1S/C9H9ClN4O2S/c1-4-5(2)8(16)14(13-7(4)15)3-6-11-12-9(10)17-6/h3H2,1-2H3,(H,13,15). The van der Waals surface area contributed by atoms with E-state index in [4.69, 9.17) is 11.6 Å². The van der Waals surface area contributed by atoms with Crippen molar-refractivity contribution in [3.8, 4) is 0 Å². The summed E-state index contributed by atoms with van der Waals surface area (Å²) < 4.78 is 1.51. The van der Waals surface area contributed by atoms with Crippen LogP contribution in [-0.4, -0.2) is 20.0 Å². The largest absolute Gasteiger partial charge is 0.268 e. The fraction of sp³-hybridized carbons (Fsp3) is 0.333. The Morgan fingerprint density at radius 1 is 1.29 bits per heavy atom. The molecule has 0 unspecified atom stereocenters. The lowest BCUT2D eigenvalue weighted by Crippen LogP contribution is -2.33.